The normalized spacial score (nSPS) is 10.1. The van der Waals surface area contributed by atoms with Gasteiger partial charge in [0.05, 0.1) is 0 Å². The molecule has 3 heteroatoms. The SMILES string of the molecule is CCCN(C(=O)c1ccc(C#CCO)c(C)c1)C(C)C. The number of hydrogen-bond acceptors (Lipinski definition) is 2. The largest absolute Gasteiger partial charge is 0.384 e. The summed E-state index contributed by atoms with van der Waals surface area (Å²) in [6.45, 7) is 8.67. The van der Waals surface area contributed by atoms with E-state index in [2.05, 4.69) is 18.8 Å². The number of benzene rings is 1. The number of nitrogens with zero attached hydrogens (tertiary/aromatic N) is 1. The van der Waals surface area contributed by atoms with E-state index in [9.17, 15) is 4.79 Å². The van der Waals surface area contributed by atoms with Crippen LogP contribution in [0.15, 0.2) is 18.2 Å². The lowest BCUT2D eigenvalue weighted by atomic mass is 10.0. The average molecular weight is 273 g/mol. The molecular formula is C17H23NO2. The predicted molar refractivity (Wildman–Crippen MR) is 81.6 cm³/mol. The lowest BCUT2D eigenvalue weighted by Crippen LogP contribution is -2.37. The molecule has 0 aliphatic rings. The highest BCUT2D eigenvalue weighted by molar-refractivity contribution is 5.94. The molecule has 0 aromatic heterocycles. The van der Waals surface area contributed by atoms with Crippen LogP contribution in [0.1, 0.15) is 48.7 Å². The lowest BCUT2D eigenvalue weighted by Gasteiger charge is -2.26. The standard InChI is InChI=1S/C17H23NO2/c1-5-10-18(13(2)3)17(20)16-9-8-15(7-6-11-19)14(4)12-16/h8-9,12-13,19H,5,10-11H2,1-4H3. The zero-order chi connectivity index (χ0) is 15.1. The second-order valence-corrected chi connectivity index (χ2v) is 5.08. The van der Waals surface area contributed by atoms with Crippen molar-refractivity contribution in [3.05, 3.63) is 34.9 Å². The minimum Gasteiger partial charge on any atom is -0.384 e. The van der Waals surface area contributed by atoms with Gasteiger partial charge in [-0.05, 0) is 51.0 Å². The lowest BCUT2D eigenvalue weighted by molar-refractivity contribution is 0.0706. The summed E-state index contributed by atoms with van der Waals surface area (Å²) in [4.78, 5) is 14.4. The third kappa shape index (κ3) is 4.11. The maximum absolute atomic E-state index is 12.5. The third-order valence-electron chi connectivity index (χ3n) is 3.12. The van der Waals surface area contributed by atoms with Crippen molar-refractivity contribution in [2.75, 3.05) is 13.2 Å². The van der Waals surface area contributed by atoms with E-state index in [1.165, 1.54) is 0 Å². The Kier molecular flexibility index (Phi) is 6.27. The molecule has 0 atom stereocenters. The molecule has 1 aromatic carbocycles. The molecule has 20 heavy (non-hydrogen) atoms. The van der Waals surface area contributed by atoms with Crippen LogP contribution >= 0.6 is 0 Å². The first-order valence-electron chi connectivity index (χ1n) is 7.02. The minimum atomic E-state index is -0.155. The maximum Gasteiger partial charge on any atom is 0.254 e. The molecule has 0 spiro atoms. The summed E-state index contributed by atoms with van der Waals surface area (Å²) in [5, 5.41) is 8.72. The Labute approximate surface area is 121 Å². The molecule has 0 radical (unpaired) electrons. The van der Waals surface area contributed by atoms with E-state index in [0.717, 1.165) is 24.1 Å². The van der Waals surface area contributed by atoms with Gasteiger partial charge in [0.1, 0.15) is 6.61 Å². The van der Waals surface area contributed by atoms with Crippen molar-refractivity contribution in [3.63, 3.8) is 0 Å². The Morgan fingerprint density at radius 3 is 2.60 bits per heavy atom. The molecule has 1 aromatic rings. The highest BCUT2D eigenvalue weighted by atomic mass is 16.2. The fourth-order valence-electron chi connectivity index (χ4n) is 2.07. The molecule has 0 heterocycles. The van der Waals surface area contributed by atoms with E-state index in [1.54, 1.807) is 0 Å². The second-order valence-electron chi connectivity index (χ2n) is 5.08. The van der Waals surface area contributed by atoms with Crippen LogP contribution < -0.4 is 0 Å². The Bertz CT molecular complexity index is 524. The average Bonchev–Trinajstić information content (AvgIpc) is 2.42. The number of aliphatic hydroxyl groups excluding tert-OH is 1. The Hall–Kier alpha value is -1.79. The van der Waals surface area contributed by atoms with Gasteiger partial charge in [-0.2, -0.15) is 0 Å². The summed E-state index contributed by atoms with van der Waals surface area (Å²) in [6.07, 6.45) is 0.947. The van der Waals surface area contributed by atoms with Crippen LogP contribution in [-0.4, -0.2) is 35.1 Å². The van der Waals surface area contributed by atoms with E-state index >= 15 is 0 Å². The Morgan fingerprint density at radius 2 is 2.10 bits per heavy atom. The summed E-state index contributed by atoms with van der Waals surface area (Å²) >= 11 is 0. The Morgan fingerprint density at radius 1 is 1.40 bits per heavy atom. The molecule has 0 saturated heterocycles. The summed E-state index contributed by atoms with van der Waals surface area (Å²) in [7, 11) is 0. The van der Waals surface area contributed by atoms with Gasteiger partial charge in [-0.15, -0.1) is 0 Å². The van der Waals surface area contributed by atoms with E-state index < -0.39 is 0 Å². The van der Waals surface area contributed by atoms with Gasteiger partial charge in [-0.25, -0.2) is 0 Å². The number of amides is 1. The molecule has 108 valence electrons. The van der Waals surface area contributed by atoms with E-state index in [4.69, 9.17) is 5.11 Å². The van der Waals surface area contributed by atoms with Gasteiger partial charge in [-0.3, -0.25) is 4.79 Å². The molecule has 0 fully saturated rings. The molecule has 1 N–H and O–H groups in total. The molecule has 1 rings (SSSR count). The van der Waals surface area contributed by atoms with Crippen molar-refractivity contribution in [1.29, 1.82) is 0 Å². The molecule has 1 amide bonds. The zero-order valence-corrected chi connectivity index (χ0v) is 12.7. The maximum atomic E-state index is 12.5. The van der Waals surface area contributed by atoms with Crippen LogP contribution in [0.4, 0.5) is 0 Å². The summed E-state index contributed by atoms with van der Waals surface area (Å²) in [5.41, 5.74) is 2.50. The summed E-state index contributed by atoms with van der Waals surface area (Å²) in [6, 6.07) is 5.71. The van der Waals surface area contributed by atoms with Crippen LogP contribution in [0.2, 0.25) is 0 Å². The highest BCUT2D eigenvalue weighted by Crippen LogP contribution is 2.14. The quantitative estimate of drug-likeness (QED) is 0.857. The minimum absolute atomic E-state index is 0.0617. The second kappa shape index (κ2) is 7.72. The van der Waals surface area contributed by atoms with Crippen molar-refractivity contribution in [3.8, 4) is 11.8 Å². The predicted octanol–water partition coefficient (Wildman–Crippen LogP) is 2.60. The first kappa shape index (κ1) is 16.3. The number of hydrogen-bond donors (Lipinski definition) is 1. The molecule has 0 aliphatic carbocycles. The van der Waals surface area contributed by atoms with Crippen LogP contribution in [-0.2, 0) is 0 Å². The molecule has 0 aliphatic heterocycles. The van der Waals surface area contributed by atoms with Gasteiger partial charge in [0, 0.05) is 23.7 Å². The number of rotatable bonds is 4. The first-order chi connectivity index (χ1) is 9.51. The number of carbonyl (C=O) groups excluding carboxylic acids is 1. The molecule has 0 saturated carbocycles. The monoisotopic (exact) mass is 273 g/mol. The molecule has 0 bridgehead atoms. The number of aliphatic hydroxyl groups is 1. The molecule has 3 nitrogen and oxygen atoms in total. The van der Waals surface area contributed by atoms with Crippen LogP contribution in [0.3, 0.4) is 0 Å². The van der Waals surface area contributed by atoms with Crippen LogP contribution in [0, 0.1) is 18.8 Å². The van der Waals surface area contributed by atoms with Gasteiger partial charge in [0.2, 0.25) is 0 Å². The van der Waals surface area contributed by atoms with Gasteiger partial charge < -0.3 is 10.0 Å². The van der Waals surface area contributed by atoms with E-state index in [1.807, 2.05) is 43.9 Å². The van der Waals surface area contributed by atoms with Crippen molar-refractivity contribution in [2.45, 2.75) is 40.2 Å². The van der Waals surface area contributed by atoms with Crippen molar-refractivity contribution in [1.82, 2.24) is 4.90 Å². The number of aryl methyl sites for hydroxylation is 1. The van der Waals surface area contributed by atoms with Crippen LogP contribution in [0.25, 0.3) is 0 Å². The molecule has 0 unspecified atom stereocenters. The fraction of sp³-hybridized carbons (Fsp3) is 0.471. The van der Waals surface area contributed by atoms with Gasteiger partial charge in [0.15, 0.2) is 0 Å². The van der Waals surface area contributed by atoms with Gasteiger partial charge in [0.25, 0.3) is 5.91 Å². The Balaban J connectivity index is 3.02. The van der Waals surface area contributed by atoms with E-state index in [-0.39, 0.29) is 18.6 Å². The molecular weight excluding hydrogens is 250 g/mol. The van der Waals surface area contributed by atoms with Gasteiger partial charge >= 0.3 is 0 Å². The topological polar surface area (TPSA) is 40.5 Å². The first-order valence-corrected chi connectivity index (χ1v) is 7.02. The van der Waals surface area contributed by atoms with Gasteiger partial charge in [-0.1, -0.05) is 18.8 Å². The zero-order valence-electron chi connectivity index (χ0n) is 12.7. The highest BCUT2D eigenvalue weighted by Gasteiger charge is 2.18. The van der Waals surface area contributed by atoms with Crippen LogP contribution in [0.5, 0.6) is 0 Å². The summed E-state index contributed by atoms with van der Waals surface area (Å²) < 4.78 is 0. The fourth-order valence-corrected chi connectivity index (χ4v) is 2.07. The van der Waals surface area contributed by atoms with Crippen molar-refractivity contribution < 1.29 is 9.90 Å². The van der Waals surface area contributed by atoms with Crippen molar-refractivity contribution in [2.24, 2.45) is 0 Å². The number of carbonyl (C=O) groups is 1. The van der Waals surface area contributed by atoms with Crippen molar-refractivity contribution >= 4 is 5.91 Å². The summed E-state index contributed by atoms with van der Waals surface area (Å²) in [5.74, 6) is 5.57. The smallest absolute Gasteiger partial charge is 0.254 e. The van der Waals surface area contributed by atoms with E-state index in [0.29, 0.717) is 5.56 Å². The third-order valence-corrected chi connectivity index (χ3v) is 3.12.